The summed E-state index contributed by atoms with van der Waals surface area (Å²) in [6, 6.07) is 4.80. The van der Waals surface area contributed by atoms with Gasteiger partial charge in [0.1, 0.15) is 18.1 Å². The Morgan fingerprint density at radius 3 is 2.34 bits per heavy atom. The number of primary amides is 1. The van der Waals surface area contributed by atoms with Crippen molar-refractivity contribution in [3.8, 4) is 0 Å². The van der Waals surface area contributed by atoms with Crippen LogP contribution in [-0.2, 0) is 30.4 Å². The summed E-state index contributed by atoms with van der Waals surface area (Å²) in [6.45, 7) is 0.495. The number of carboxylic acid groups (broad SMARTS) is 1. The van der Waals surface area contributed by atoms with Crippen molar-refractivity contribution in [1.82, 2.24) is 15.5 Å². The van der Waals surface area contributed by atoms with Crippen molar-refractivity contribution >= 4 is 35.6 Å². The van der Waals surface area contributed by atoms with Gasteiger partial charge in [0.25, 0.3) is 0 Å². The van der Waals surface area contributed by atoms with Gasteiger partial charge < -0.3 is 43.6 Å². The van der Waals surface area contributed by atoms with Crippen LogP contribution in [-0.4, -0.2) is 82.8 Å². The fraction of sp³-hybridized carbons (Fsp3) is 0.500. The Hall–Kier alpha value is -4.20. The fourth-order valence-corrected chi connectivity index (χ4v) is 4.19. The monoisotopic (exact) mass is 532 g/mol. The highest BCUT2D eigenvalue weighted by molar-refractivity contribution is 5.95. The highest BCUT2D eigenvalue weighted by Gasteiger charge is 2.38. The van der Waals surface area contributed by atoms with Gasteiger partial charge in [-0.3, -0.25) is 24.2 Å². The molecule has 0 saturated carbocycles. The highest BCUT2D eigenvalue weighted by atomic mass is 16.4. The molecule has 11 N–H and O–H groups in total. The Bertz CT molecular complexity index is 1030. The molecule has 1 aliphatic rings. The predicted octanol–water partition coefficient (Wildman–Crippen LogP) is -2.47. The lowest BCUT2D eigenvalue weighted by atomic mass is 10.0. The first kappa shape index (κ1) is 30.0. The van der Waals surface area contributed by atoms with Crippen molar-refractivity contribution in [1.29, 1.82) is 0 Å². The molecule has 1 heterocycles. The lowest BCUT2D eigenvalue weighted by Gasteiger charge is -2.28. The molecule has 208 valence electrons. The lowest BCUT2D eigenvalue weighted by molar-refractivity contribution is -0.144. The van der Waals surface area contributed by atoms with Gasteiger partial charge in [0, 0.05) is 13.1 Å². The molecule has 0 aliphatic carbocycles. The van der Waals surface area contributed by atoms with Gasteiger partial charge in [-0.05, 0) is 37.7 Å². The van der Waals surface area contributed by atoms with Crippen molar-refractivity contribution in [3.05, 3.63) is 35.9 Å². The number of nitrogens with one attached hydrogen (secondary N) is 2. The SMILES string of the molecule is NC(=O)CC(NC(=O)C(CCCN=C(N)N)NC(=O)C1CCCN1C(=O)C(N)Cc1ccccc1)C(=O)O. The van der Waals surface area contributed by atoms with Crippen LogP contribution in [0.4, 0.5) is 0 Å². The number of nitrogens with two attached hydrogens (primary N) is 4. The highest BCUT2D eigenvalue weighted by Crippen LogP contribution is 2.20. The first-order valence-electron chi connectivity index (χ1n) is 12.3. The minimum Gasteiger partial charge on any atom is -0.480 e. The molecule has 1 aromatic carbocycles. The molecule has 0 bridgehead atoms. The zero-order chi connectivity index (χ0) is 28.2. The second-order valence-corrected chi connectivity index (χ2v) is 9.07. The Morgan fingerprint density at radius 2 is 1.74 bits per heavy atom. The number of aliphatic carboxylic acids is 1. The Morgan fingerprint density at radius 1 is 1.05 bits per heavy atom. The van der Waals surface area contributed by atoms with E-state index in [1.807, 2.05) is 30.3 Å². The van der Waals surface area contributed by atoms with Gasteiger partial charge in [0.2, 0.25) is 23.6 Å². The molecule has 0 spiro atoms. The Kier molecular flexibility index (Phi) is 11.5. The first-order chi connectivity index (χ1) is 18.0. The van der Waals surface area contributed by atoms with Gasteiger partial charge >= 0.3 is 5.97 Å². The third-order valence-corrected chi connectivity index (χ3v) is 6.05. The summed E-state index contributed by atoms with van der Waals surface area (Å²) in [5.74, 6) is -4.30. The lowest BCUT2D eigenvalue weighted by Crippen LogP contribution is -2.57. The third-order valence-electron chi connectivity index (χ3n) is 6.05. The third kappa shape index (κ3) is 9.35. The smallest absolute Gasteiger partial charge is 0.326 e. The van der Waals surface area contributed by atoms with Crippen LogP contribution in [0.1, 0.15) is 37.7 Å². The molecular weight excluding hydrogens is 496 g/mol. The molecular formula is C24H36N8O6. The van der Waals surface area contributed by atoms with Crippen LogP contribution >= 0.6 is 0 Å². The van der Waals surface area contributed by atoms with Crippen molar-refractivity contribution in [2.24, 2.45) is 27.9 Å². The maximum atomic E-state index is 13.2. The Labute approximate surface area is 220 Å². The number of hydrogen-bond acceptors (Lipinski definition) is 7. The van der Waals surface area contributed by atoms with Crippen LogP contribution in [0.15, 0.2) is 35.3 Å². The summed E-state index contributed by atoms with van der Waals surface area (Å²) in [4.78, 5) is 67.1. The molecule has 2 rings (SSSR count). The molecule has 1 aromatic rings. The molecule has 0 aromatic heterocycles. The maximum absolute atomic E-state index is 13.2. The van der Waals surface area contributed by atoms with Crippen LogP contribution in [0.5, 0.6) is 0 Å². The van der Waals surface area contributed by atoms with E-state index in [9.17, 15) is 29.1 Å². The van der Waals surface area contributed by atoms with Gasteiger partial charge in [-0.15, -0.1) is 0 Å². The fourth-order valence-electron chi connectivity index (χ4n) is 4.19. The van der Waals surface area contributed by atoms with Crippen LogP contribution in [0.2, 0.25) is 0 Å². The number of rotatable bonds is 14. The number of hydrogen-bond donors (Lipinski definition) is 7. The van der Waals surface area contributed by atoms with E-state index >= 15 is 0 Å². The number of likely N-dealkylation sites (tertiary alicyclic amines) is 1. The molecule has 1 saturated heterocycles. The molecule has 1 fully saturated rings. The van der Waals surface area contributed by atoms with Crippen molar-refractivity contribution in [2.45, 2.75) is 62.7 Å². The zero-order valence-corrected chi connectivity index (χ0v) is 21.0. The summed E-state index contributed by atoms with van der Waals surface area (Å²) < 4.78 is 0. The second-order valence-electron chi connectivity index (χ2n) is 9.07. The first-order valence-corrected chi connectivity index (χ1v) is 12.3. The number of carboxylic acids is 1. The zero-order valence-electron chi connectivity index (χ0n) is 21.0. The van der Waals surface area contributed by atoms with E-state index in [2.05, 4.69) is 15.6 Å². The standard InChI is InChI=1S/C24H36N8O6/c25-15(12-14-6-2-1-3-7-14)22(36)32-11-5-9-18(32)21(35)30-16(8-4-10-29-24(27)28)20(34)31-17(23(37)38)13-19(26)33/h1-3,6-7,15-18H,4-5,8-13,25H2,(H2,26,33)(H,30,35)(H,31,34)(H,37,38)(H4,27,28,29). The molecule has 14 nitrogen and oxygen atoms in total. The van der Waals surface area contributed by atoms with Gasteiger partial charge in [-0.2, -0.15) is 0 Å². The minimum absolute atomic E-state index is 0.0610. The van der Waals surface area contributed by atoms with Crippen LogP contribution < -0.4 is 33.6 Å². The molecule has 4 amide bonds. The summed E-state index contributed by atoms with van der Waals surface area (Å²) in [6.07, 6.45) is 0.960. The maximum Gasteiger partial charge on any atom is 0.326 e. The number of nitrogens with zero attached hydrogens (tertiary/aromatic N) is 2. The number of guanidine groups is 1. The van der Waals surface area contributed by atoms with E-state index in [0.29, 0.717) is 25.8 Å². The molecule has 0 radical (unpaired) electrons. The van der Waals surface area contributed by atoms with E-state index in [-0.39, 0.29) is 31.3 Å². The van der Waals surface area contributed by atoms with Crippen LogP contribution in [0.3, 0.4) is 0 Å². The van der Waals surface area contributed by atoms with Gasteiger partial charge in [0.15, 0.2) is 5.96 Å². The summed E-state index contributed by atoms with van der Waals surface area (Å²) in [5, 5.41) is 14.2. The van der Waals surface area contributed by atoms with Gasteiger partial charge in [-0.1, -0.05) is 30.3 Å². The van der Waals surface area contributed by atoms with E-state index in [0.717, 1.165) is 5.56 Å². The summed E-state index contributed by atoms with van der Waals surface area (Å²) in [7, 11) is 0. The largest absolute Gasteiger partial charge is 0.480 e. The quantitative estimate of drug-likeness (QED) is 0.0760. The average Bonchev–Trinajstić information content (AvgIpc) is 3.35. The van der Waals surface area contributed by atoms with Crippen molar-refractivity contribution < 1.29 is 29.1 Å². The van der Waals surface area contributed by atoms with Crippen molar-refractivity contribution in [3.63, 3.8) is 0 Å². The van der Waals surface area contributed by atoms with E-state index in [1.165, 1.54) is 4.90 Å². The molecule has 1 aliphatic heterocycles. The molecule has 4 unspecified atom stereocenters. The summed E-state index contributed by atoms with van der Waals surface area (Å²) >= 11 is 0. The second kappa shape index (κ2) is 14.5. The molecule has 4 atom stereocenters. The Balaban J connectivity index is 2.11. The average molecular weight is 533 g/mol. The number of amides is 4. The number of aliphatic imine (C=N–C) groups is 1. The molecule has 38 heavy (non-hydrogen) atoms. The number of carbonyl (C=O) groups is 5. The van der Waals surface area contributed by atoms with Crippen LogP contribution in [0, 0.1) is 0 Å². The predicted molar refractivity (Wildman–Crippen MR) is 138 cm³/mol. The normalized spacial score (nSPS) is 17.1. The summed E-state index contributed by atoms with van der Waals surface area (Å²) in [5.41, 5.74) is 22.8. The molecule has 14 heteroatoms. The van der Waals surface area contributed by atoms with E-state index in [1.54, 1.807) is 0 Å². The van der Waals surface area contributed by atoms with Gasteiger partial charge in [-0.25, -0.2) is 4.79 Å². The van der Waals surface area contributed by atoms with Crippen molar-refractivity contribution in [2.75, 3.05) is 13.1 Å². The van der Waals surface area contributed by atoms with E-state index in [4.69, 9.17) is 22.9 Å². The number of benzene rings is 1. The minimum atomic E-state index is -1.57. The van der Waals surface area contributed by atoms with Crippen LogP contribution in [0.25, 0.3) is 0 Å². The van der Waals surface area contributed by atoms with E-state index < -0.39 is 54.3 Å². The topological polar surface area (TPSA) is 249 Å². The van der Waals surface area contributed by atoms with Gasteiger partial charge in [0.05, 0.1) is 12.5 Å². The number of carbonyl (C=O) groups excluding carboxylic acids is 4.